The van der Waals surface area contributed by atoms with E-state index in [2.05, 4.69) is 11.2 Å². The first-order chi connectivity index (χ1) is 5.96. The Kier molecular flexibility index (Phi) is 2.66. The number of rotatable bonds is 3. The zero-order valence-electron chi connectivity index (χ0n) is 8.55. The predicted octanol–water partition coefficient (Wildman–Crippen LogP) is 1.56. The van der Waals surface area contributed by atoms with Crippen LogP contribution in [-0.2, 0) is 4.79 Å². The molecular formula is C11H17NO. The van der Waals surface area contributed by atoms with Crippen molar-refractivity contribution in [1.82, 2.24) is 5.32 Å². The first-order valence-electron chi connectivity index (χ1n) is 4.76. The number of carbonyl (C=O) groups excluding carboxylic acids is 1. The van der Waals surface area contributed by atoms with Crippen LogP contribution in [0.1, 0.15) is 33.6 Å². The quantitative estimate of drug-likeness (QED) is 0.654. The summed E-state index contributed by atoms with van der Waals surface area (Å²) in [6.45, 7) is 5.65. The fourth-order valence-corrected chi connectivity index (χ4v) is 1.27. The van der Waals surface area contributed by atoms with Crippen LogP contribution >= 0.6 is 0 Å². The molecule has 0 bridgehead atoms. The highest BCUT2D eigenvalue weighted by Crippen LogP contribution is 2.36. The Morgan fingerprint density at radius 2 is 2.15 bits per heavy atom. The molecule has 1 N–H and O–H groups in total. The Bertz CT molecular complexity index is 245. The lowest BCUT2D eigenvalue weighted by Crippen LogP contribution is -2.44. The van der Waals surface area contributed by atoms with E-state index < -0.39 is 5.54 Å². The van der Waals surface area contributed by atoms with Gasteiger partial charge in [0.25, 0.3) is 0 Å². The molecule has 2 heteroatoms. The maximum Gasteiger partial charge on any atom is 0.224 e. The Balaban J connectivity index is 2.45. The summed E-state index contributed by atoms with van der Waals surface area (Å²) in [6.07, 6.45) is 7.65. The molecule has 0 aliphatic heterocycles. The van der Waals surface area contributed by atoms with Gasteiger partial charge in [-0.15, -0.1) is 6.42 Å². The Morgan fingerprint density at radius 1 is 1.62 bits per heavy atom. The summed E-state index contributed by atoms with van der Waals surface area (Å²) in [4.78, 5) is 11.6. The Morgan fingerprint density at radius 3 is 2.54 bits per heavy atom. The summed E-state index contributed by atoms with van der Waals surface area (Å²) >= 11 is 0. The fourth-order valence-electron chi connectivity index (χ4n) is 1.27. The molecule has 0 heterocycles. The van der Waals surface area contributed by atoms with Crippen LogP contribution in [-0.4, -0.2) is 11.4 Å². The van der Waals surface area contributed by atoms with Gasteiger partial charge < -0.3 is 5.32 Å². The third-order valence-electron chi connectivity index (χ3n) is 2.54. The van der Waals surface area contributed by atoms with Crippen molar-refractivity contribution in [3.8, 4) is 12.3 Å². The van der Waals surface area contributed by atoms with E-state index in [1.165, 1.54) is 12.8 Å². The Labute approximate surface area is 80.1 Å². The number of nitrogens with one attached hydrogen (secondary N) is 1. The monoisotopic (exact) mass is 179 g/mol. The van der Waals surface area contributed by atoms with Crippen LogP contribution in [0.2, 0.25) is 0 Å². The van der Waals surface area contributed by atoms with Gasteiger partial charge in [0, 0.05) is 5.92 Å². The topological polar surface area (TPSA) is 29.1 Å². The van der Waals surface area contributed by atoms with E-state index in [0.29, 0.717) is 5.92 Å². The lowest BCUT2D eigenvalue weighted by atomic mass is 10.0. The normalized spacial score (nSPS) is 18.9. The highest BCUT2D eigenvalue weighted by Gasteiger charge is 2.34. The van der Waals surface area contributed by atoms with Gasteiger partial charge in [-0.3, -0.25) is 4.79 Å². The standard InChI is InChI=1S/C11H17NO/c1-5-11(3,4)12-10(13)8(2)9-6-7-9/h1,8-9H,6-7H2,2-4H3,(H,12,13). The summed E-state index contributed by atoms with van der Waals surface area (Å²) < 4.78 is 0. The van der Waals surface area contributed by atoms with Gasteiger partial charge >= 0.3 is 0 Å². The van der Waals surface area contributed by atoms with Gasteiger partial charge in [0.05, 0.1) is 5.54 Å². The van der Waals surface area contributed by atoms with Crippen molar-refractivity contribution >= 4 is 5.91 Å². The lowest BCUT2D eigenvalue weighted by Gasteiger charge is -2.22. The summed E-state index contributed by atoms with van der Waals surface area (Å²) in [5, 5.41) is 2.85. The van der Waals surface area contributed by atoms with Gasteiger partial charge in [0.2, 0.25) is 5.91 Å². The summed E-state index contributed by atoms with van der Waals surface area (Å²) in [7, 11) is 0. The molecule has 1 unspecified atom stereocenters. The van der Waals surface area contributed by atoms with E-state index >= 15 is 0 Å². The van der Waals surface area contributed by atoms with Crippen LogP contribution in [0.5, 0.6) is 0 Å². The molecule has 1 amide bonds. The minimum atomic E-state index is -0.514. The van der Waals surface area contributed by atoms with E-state index in [1.807, 2.05) is 20.8 Å². The van der Waals surface area contributed by atoms with Crippen LogP contribution in [0.25, 0.3) is 0 Å². The number of hydrogen-bond acceptors (Lipinski definition) is 1. The van der Waals surface area contributed by atoms with Crippen molar-refractivity contribution in [2.45, 2.75) is 39.2 Å². The maximum absolute atomic E-state index is 11.6. The number of hydrogen-bond donors (Lipinski definition) is 1. The Hall–Kier alpha value is -0.970. The molecule has 1 rings (SSSR count). The highest BCUT2D eigenvalue weighted by molar-refractivity contribution is 5.80. The van der Waals surface area contributed by atoms with Crippen molar-refractivity contribution in [3.63, 3.8) is 0 Å². The summed E-state index contributed by atoms with van der Waals surface area (Å²) in [6, 6.07) is 0. The summed E-state index contributed by atoms with van der Waals surface area (Å²) in [5.41, 5.74) is -0.514. The molecule has 1 saturated carbocycles. The molecule has 1 atom stereocenters. The van der Waals surface area contributed by atoms with Gasteiger partial charge in [-0.1, -0.05) is 12.8 Å². The van der Waals surface area contributed by atoms with E-state index in [-0.39, 0.29) is 11.8 Å². The van der Waals surface area contributed by atoms with Crippen molar-refractivity contribution < 1.29 is 4.79 Å². The van der Waals surface area contributed by atoms with Gasteiger partial charge in [0.1, 0.15) is 0 Å². The van der Waals surface area contributed by atoms with E-state index in [9.17, 15) is 4.79 Å². The minimum absolute atomic E-state index is 0.0884. The van der Waals surface area contributed by atoms with Crippen LogP contribution in [0.15, 0.2) is 0 Å². The molecule has 1 aliphatic carbocycles. The highest BCUT2D eigenvalue weighted by atomic mass is 16.2. The van der Waals surface area contributed by atoms with Crippen LogP contribution in [0.3, 0.4) is 0 Å². The van der Waals surface area contributed by atoms with Crippen molar-refractivity contribution in [1.29, 1.82) is 0 Å². The SMILES string of the molecule is C#CC(C)(C)NC(=O)C(C)C1CC1. The average Bonchev–Trinajstić information content (AvgIpc) is 2.85. The number of amides is 1. The molecule has 0 aromatic carbocycles. The van der Waals surface area contributed by atoms with E-state index in [0.717, 1.165) is 0 Å². The number of terminal acetylenes is 1. The predicted molar refractivity (Wildman–Crippen MR) is 52.9 cm³/mol. The van der Waals surface area contributed by atoms with Crippen molar-refractivity contribution in [3.05, 3.63) is 0 Å². The molecule has 13 heavy (non-hydrogen) atoms. The van der Waals surface area contributed by atoms with Crippen molar-refractivity contribution in [2.24, 2.45) is 11.8 Å². The molecule has 1 fully saturated rings. The van der Waals surface area contributed by atoms with Gasteiger partial charge in [0.15, 0.2) is 0 Å². The van der Waals surface area contributed by atoms with E-state index in [1.54, 1.807) is 0 Å². The smallest absolute Gasteiger partial charge is 0.224 e. The van der Waals surface area contributed by atoms with Crippen LogP contribution in [0.4, 0.5) is 0 Å². The molecule has 0 spiro atoms. The molecule has 0 aromatic heterocycles. The van der Waals surface area contributed by atoms with Gasteiger partial charge in [-0.25, -0.2) is 0 Å². The first-order valence-corrected chi connectivity index (χ1v) is 4.76. The van der Waals surface area contributed by atoms with Crippen molar-refractivity contribution in [2.75, 3.05) is 0 Å². The second kappa shape index (κ2) is 3.41. The van der Waals surface area contributed by atoms with Crippen LogP contribution < -0.4 is 5.32 Å². The fraction of sp³-hybridized carbons (Fsp3) is 0.727. The average molecular weight is 179 g/mol. The van der Waals surface area contributed by atoms with Gasteiger partial charge in [-0.05, 0) is 32.6 Å². The molecule has 0 saturated heterocycles. The zero-order valence-corrected chi connectivity index (χ0v) is 8.55. The van der Waals surface area contributed by atoms with Crippen LogP contribution in [0, 0.1) is 24.2 Å². The molecule has 72 valence electrons. The second-order valence-electron chi connectivity index (χ2n) is 4.38. The minimum Gasteiger partial charge on any atom is -0.340 e. The van der Waals surface area contributed by atoms with Gasteiger partial charge in [-0.2, -0.15) is 0 Å². The number of carbonyl (C=O) groups is 1. The third kappa shape index (κ3) is 2.77. The lowest BCUT2D eigenvalue weighted by molar-refractivity contribution is -0.126. The molecule has 0 radical (unpaired) electrons. The molecule has 2 nitrogen and oxygen atoms in total. The largest absolute Gasteiger partial charge is 0.340 e. The molecular weight excluding hydrogens is 162 g/mol. The summed E-state index contributed by atoms with van der Waals surface area (Å²) in [5.74, 6) is 3.35. The third-order valence-corrected chi connectivity index (χ3v) is 2.54. The van der Waals surface area contributed by atoms with E-state index in [4.69, 9.17) is 6.42 Å². The second-order valence-corrected chi connectivity index (χ2v) is 4.38. The molecule has 0 aromatic rings. The molecule has 1 aliphatic rings. The maximum atomic E-state index is 11.6. The first kappa shape index (κ1) is 10.1. The zero-order chi connectivity index (χ0) is 10.1.